The number of nitrogens with one attached hydrogen (secondary N) is 2. The van der Waals surface area contributed by atoms with Gasteiger partial charge in [-0.1, -0.05) is 37.3 Å². The number of benzene rings is 1. The fraction of sp³-hybridized carbons (Fsp3) is 0.500. The molecule has 114 valence electrons. The van der Waals surface area contributed by atoms with Gasteiger partial charge in [0.25, 0.3) is 0 Å². The summed E-state index contributed by atoms with van der Waals surface area (Å²) in [6, 6.07) is 10.1. The molecule has 1 fully saturated rings. The highest BCUT2D eigenvalue weighted by Crippen LogP contribution is 2.29. The Bertz CT molecular complexity index is 417. The van der Waals surface area contributed by atoms with Crippen molar-refractivity contribution in [1.82, 2.24) is 10.6 Å². The van der Waals surface area contributed by atoms with Gasteiger partial charge in [0.15, 0.2) is 0 Å². The standard InChI is InChI=1S/C14H20N2O2.2ClH/c1-11-9-16-14(11,13(17)18)7-8-15-10-12-5-3-2-4-6-12;;/h2-6,11,15-16H,7-10H2,1H3,(H,17,18);2*1H. The summed E-state index contributed by atoms with van der Waals surface area (Å²) in [6.07, 6.45) is 0.621. The van der Waals surface area contributed by atoms with Crippen LogP contribution in [-0.2, 0) is 11.3 Å². The van der Waals surface area contributed by atoms with Crippen LogP contribution in [0.3, 0.4) is 0 Å². The molecule has 3 N–H and O–H groups in total. The van der Waals surface area contributed by atoms with Crippen LogP contribution >= 0.6 is 24.8 Å². The molecule has 0 saturated carbocycles. The zero-order valence-corrected chi connectivity index (χ0v) is 13.1. The zero-order chi connectivity index (χ0) is 13.0. The predicted octanol–water partition coefficient (Wildman–Crippen LogP) is 2.07. The van der Waals surface area contributed by atoms with Crippen molar-refractivity contribution in [2.45, 2.75) is 25.4 Å². The Morgan fingerprint density at radius 1 is 1.40 bits per heavy atom. The highest BCUT2D eigenvalue weighted by atomic mass is 35.5. The number of aliphatic carboxylic acids is 1. The van der Waals surface area contributed by atoms with Gasteiger partial charge in [-0.3, -0.25) is 4.79 Å². The molecule has 0 aliphatic carbocycles. The first-order chi connectivity index (χ1) is 8.65. The van der Waals surface area contributed by atoms with E-state index < -0.39 is 11.5 Å². The minimum Gasteiger partial charge on any atom is -0.480 e. The molecular weight excluding hydrogens is 299 g/mol. The van der Waals surface area contributed by atoms with E-state index in [2.05, 4.69) is 22.8 Å². The van der Waals surface area contributed by atoms with E-state index in [4.69, 9.17) is 0 Å². The van der Waals surface area contributed by atoms with Gasteiger partial charge in [0.2, 0.25) is 0 Å². The summed E-state index contributed by atoms with van der Waals surface area (Å²) in [4.78, 5) is 11.3. The Morgan fingerprint density at radius 3 is 2.50 bits per heavy atom. The van der Waals surface area contributed by atoms with Crippen LogP contribution in [0, 0.1) is 5.92 Å². The number of carboxylic acid groups (broad SMARTS) is 1. The Morgan fingerprint density at radius 2 is 2.05 bits per heavy atom. The molecule has 1 aromatic rings. The molecule has 0 spiro atoms. The van der Waals surface area contributed by atoms with Gasteiger partial charge in [-0.15, -0.1) is 24.8 Å². The Balaban J connectivity index is 0.00000180. The van der Waals surface area contributed by atoms with E-state index in [9.17, 15) is 9.90 Å². The maximum atomic E-state index is 11.3. The molecule has 4 nitrogen and oxygen atoms in total. The van der Waals surface area contributed by atoms with Crippen LogP contribution < -0.4 is 10.6 Å². The average molecular weight is 321 g/mol. The van der Waals surface area contributed by atoms with Gasteiger partial charge in [-0.05, 0) is 24.4 Å². The van der Waals surface area contributed by atoms with Crippen LogP contribution in [0.15, 0.2) is 30.3 Å². The maximum absolute atomic E-state index is 11.3. The lowest BCUT2D eigenvalue weighted by molar-refractivity contribution is -0.152. The lowest BCUT2D eigenvalue weighted by Crippen LogP contribution is -2.69. The topological polar surface area (TPSA) is 61.4 Å². The molecule has 1 saturated heterocycles. The fourth-order valence-corrected chi connectivity index (χ4v) is 2.39. The van der Waals surface area contributed by atoms with Crippen molar-refractivity contribution < 1.29 is 9.90 Å². The molecule has 0 aromatic heterocycles. The molecule has 6 heteroatoms. The van der Waals surface area contributed by atoms with Crippen LogP contribution in [-0.4, -0.2) is 29.7 Å². The molecule has 2 unspecified atom stereocenters. The molecular formula is C14H22Cl2N2O2. The Kier molecular flexibility index (Phi) is 8.13. The highest BCUT2D eigenvalue weighted by molar-refractivity contribution is 5.85. The second kappa shape index (κ2) is 8.47. The van der Waals surface area contributed by atoms with Gasteiger partial charge < -0.3 is 15.7 Å². The minimum atomic E-state index is -0.734. The van der Waals surface area contributed by atoms with E-state index in [0.29, 0.717) is 13.0 Å². The molecule has 1 heterocycles. The summed E-state index contributed by atoms with van der Waals surface area (Å²) in [5.74, 6) is -0.531. The number of hydrogen-bond acceptors (Lipinski definition) is 3. The third kappa shape index (κ3) is 4.09. The first-order valence-electron chi connectivity index (χ1n) is 6.38. The number of hydrogen-bond donors (Lipinski definition) is 3. The first kappa shape index (κ1) is 19.2. The van der Waals surface area contributed by atoms with Crippen molar-refractivity contribution in [3.8, 4) is 0 Å². The van der Waals surface area contributed by atoms with Gasteiger partial charge in [0.05, 0.1) is 0 Å². The number of halogens is 2. The van der Waals surface area contributed by atoms with Crippen molar-refractivity contribution in [2.24, 2.45) is 5.92 Å². The molecule has 1 aliphatic rings. The summed E-state index contributed by atoms with van der Waals surface area (Å²) in [5, 5.41) is 15.6. The van der Waals surface area contributed by atoms with Gasteiger partial charge in [0, 0.05) is 13.1 Å². The van der Waals surface area contributed by atoms with Crippen LogP contribution in [0.5, 0.6) is 0 Å². The second-order valence-corrected chi connectivity index (χ2v) is 4.97. The SMILES string of the molecule is CC1CNC1(CCNCc1ccccc1)C(=O)O.Cl.Cl. The van der Waals surface area contributed by atoms with E-state index in [-0.39, 0.29) is 30.7 Å². The van der Waals surface area contributed by atoms with Gasteiger partial charge in [0.1, 0.15) is 5.54 Å². The number of carbonyl (C=O) groups is 1. The Hall–Kier alpha value is -0.810. The van der Waals surface area contributed by atoms with E-state index in [1.54, 1.807) is 0 Å². The third-order valence-corrected chi connectivity index (χ3v) is 3.81. The monoisotopic (exact) mass is 320 g/mol. The van der Waals surface area contributed by atoms with Crippen LogP contribution in [0.2, 0.25) is 0 Å². The van der Waals surface area contributed by atoms with Gasteiger partial charge in [-0.2, -0.15) is 0 Å². The fourth-order valence-electron chi connectivity index (χ4n) is 2.39. The van der Waals surface area contributed by atoms with E-state index in [1.807, 2.05) is 25.1 Å². The van der Waals surface area contributed by atoms with Crippen LogP contribution in [0.4, 0.5) is 0 Å². The zero-order valence-electron chi connectivity index (χ0n) is 11.5. The average Bonchev–Trinajstić information content (AvgIpc) is 2.37. The summed E-state index contributed by atoms with van der Waals surface area (Å²) in [6.45, 7) is 4.27. The second-order valence-electron chi connectivity index (χ2n) is 4.97. The molecule has 1 aromatic carbocycles. The van der Waals surface area contributed by atoms with Crippen molar-refractivity contribution in [3.05, 3.63) is 35.9 Å². The van der Waals surface area contributed by atoms with Gasteiger partial charge in [-0.25, -0.2) is 0 Å². The molecule has 2 rings (SSSR count). The number of carboxylic acids is 1. The molecule has 1 aliphatic heterocycles. The Labute approximate surface area is 132 Å². The van der Waals surface area contributed by atoms with Crippen LogP contribution in [0.1, 0.15) is 18.9 Å². The molecule has 0 radical (unpaired) electrons. The maximum Gasteiger partial charge on any atom is 0.324 e. The molecule has 0 amide bonds. The van der Waals surface area contributed by atoms with Crippen molar-refractivity contribution in [3.63, 3.8) is 0 Å². The predicted molar refractivity (Wildman–Crippen MR) is 84.8 cm³/mol. The quantitative estimate of drug-likeness (QED) is 0.702. The smallest absolute Gasteiger partial charge is 0.324 e. The van der Waals surface area contributed by atoms with Crippen molar-refractivity contribution in [1.29, 1.82) is 0 Å². The first-order valence-corrected chi connectivity index (χ1v) is 6.38. The third-order valence-electron chi connectivity index (χ3n) is 3.81. The normalized spacial score (nSPS) is 23.9. The van der Waals surface area contributed by atoms with E-state index in [1.165, 1.54) is 5.56 Å². The van der Waals surface area contributed by atoms with Crippen LogP contribution in [0.25, 0.3) is 0 Å². The van der Waals surface area contributed by atoms with Crippen molar-refractivity contribution in [2.75, 3.05) is 13.1 Å². The molecule has 2 atom stereocenters. The molecule has 0 bridgehead atoms. The summed E-state index contributed by atoms with van der Waals surface area (Å²) in [7, 11) is 0. The minimum absolute atomic E-state index is 0. The lowest BCUT2D eigenvalue weighted by atomic mass is 9.75. The lowest BCUT2D eigenvalue weighted by Gasteiger charge is -2.45. The summed E-state index contributed by atoms with van der Waals surface area (Å²) < 4.78 is 0. The molecule has 20 heavy (non-hydrogen) atoms. The number of rotatable bonds is 6. The van der Waals surface area contributed by atoms with E-state index >= 15 is 0 Å². The summed E-state index contributed by atoms with van der Waals surface area (Å²) >= 11 is 0. The highest BCUT2D eigenvalue weighted by Gasteiger charge is 2.49. The van der Waals surface area contributed by atoms with Gasteiger partial charge >= 0.3 is 5.97 Å². The largest absolute Gasteiger partial charge is 0.480 e. The van der Waals surface area contributed by atoms with Crippen molar-refractivity contribution >= 4 is 30.8 Å². The summed E-state index contributed by atoms with van der Waals surface area (Å²) in [5.41, 5.74) is 0.500. The van der Waals surface area contributed by atoms with E-state index in [0.717, 1.165) is 13.1 Å².